The van der Waals surface area contributed by atoms with Gasteiger partial charge < -0.3 is 15.4 Å². The molecule has 2 rings (SSSR count). The van der Waals surface area contributed by atoms with E-state index in [9.17, 15) is 0 Å². The van der Waals surface area contributed by atoms with Crippen molar-refractivity contribution in [2.45, 2.75) is 24.6 Å². The molecule has 0 spiro atoms. The van der Waals surface area contributed by atoms with Gasteiger partial charge in [0.05, 0.1) is 13.2 Å². The second-order valence-electron chi connectivity index (χ2n) is 4.62. The highest BCUT2D eigenvalue weighted by atomic mass is 32.2. The largest absolute Gasteiger partial charge is 0.379 e. The van der Waals surface area contributed by atoms with Crippen molar-refractivity contribution < 1.29 is 4.74 Å². The van der Waals surface area contributed by atoms with E-state index in [2.05, 4.69) is 23.6 Å². The van der Waals surface area contributed by atoms with Crippen molar-refractivity contribution in [2.75, 3.05) is 38.6 Å². The van der Waals surface area contributed by atoms with Crippen LogP contribution in [0.5, 0.6) is 0 Å². The number of rotatable bonds is 3. The standard InChI is InChI=1S/C11H22N2OS/c1-2-10-6-13(3-4-15-10)5-9-7-14-8-11(9)12/h9-11H,2-8,12H2,1H3. The molecule has 4 heteroatoms. The Balaban J connectivity index is 1.78. The monoisotopic (exact) mass is 230 g/mol. The molecule has 0 aromatic rings. The smallest absolute Gasteiger partial charge is 0.0621 e. The van der Waals surface area contributed by atoms with E-state index in [0.29, 0.717) is 5.92 Å². The first-order valence-electron chi connectivity index (χ1n) is 5.97. The summed E-state index contributed by atoms with van der Waals surface area (Å²) in [5.74, 6) is 1.84. The highest BCUT2D eigenvalue weighted by Crippen LogP contribution is 2.23. The molecule has 2 N–H and O–H groups in total. The van der Waals surface area contributed by atoms with Crippen LogP contribution in [0.25, 0.3) is 0 Å². The van der Waals surface area contributed by atoms with Crippen molar-refractivity contribution in [1.82, 2.24) is 4.90 Å². The summed E-state index contributed by atoms with van der Waals surface area (Å²) in [6, 6.07) is 0.264. The van der Waals surface area contributed by atoms with E-state index in [4.69, 9.17) is 10.5 Å². The van der Waals surface area contributed by atoms with Gasteiger partial charge in [-0.2, -0.15) is 11.8 Å². The van der Waals surface area contributed by atoms with Crippen LogP contribution in [0.15, 0.2) is 0 Å². The molecule has 0 saturated carbocycles. The molecule has 3 unspecified atom stereocenters. The Morgan fingerprint density at radius 3 is 3.00 bits per heavy atom. The van der Waals surface area contributed by atoms with Crippen LogP contribution in [-0.4, -0.2) is 54.8 Å². The summed E-state index contributed by atoms with van der Waals surface area (Å²) in [6.07, 6.45) is 1.29. The summed E-state index contributed by atoms with van der Waals surface area (Å²) in [4.78, 5) is 2.57. The average Bonchev–Trinajstić information content (AvgIpc) is 2.65. The molecule has 3 atom stereocenters. The molecule has 0 aromatic heterocycles. The van der Waals surface area contributed by atoms with Crippen LogP contribution in [0.4, 0.5) is 0 Å². The summed E-state index contributed by atoms with van der Waals surface area (Å²) in [5.41, 5.74) is 6.01. The van der Waals surface area contributed by atoms with Gasteiger partial charge in [0.2, 0.25) is 0 Å². The molecule has 2 saturated heterocycles. The summed E-state index contributed by atoms with van der Waals surface area (Å²) in [5, 5.41) is 0.831. The van der Waals surface area contributed by atoms with Gasteiger partial charge in [0.25, 0.3) is 0 Å². The number of hydrogen-bond donors (Lipinski definition) is 1. The molecule has 0 aliphatic carbocycles. The lowest BCUT2D eigenvalue weighted by atomic mass is 10.0. The van der Waals surface area contributed by atoms with Crippen LogP contribution in [0.1, 0.15) is 13.3 Å². The maximum absolute atomic E-state index is 6.01. The molecule has 2 aliphatic rings. The molecule has 2 aliphatic heterocycles. The maximum atomic E-state index is 6.01. The predicted molar refractivity (Wildman–Crippen MR) is 65.3 cm³/mol. The first kappa shape index (κ1) is 11.7. The van der Waals surface area contributed by atoms with Crippen LogP contribution < -0.4 is 5.73 Å². The van der Waals surface area contributed by atoms with Crippen LogP contribution in [0.3, 0.4) is 0 Å². The fourth-order valence-electron chi connectivity index (χ4n) is 2.33. The van der Waals surface area contributed by atoms with E-state index < -0.39 is 0 Å². The van der Waals surface area contributed by atoms with Gasteiger partial charge in [0.15, 0.2) is 0 Å². The fourth-order valence-corrected chi connectivity index (χ4v) is 3.58. The number of hydrogen-bond acceptors (Lipinski definition) is 4. The number of ether oxygens (including phenoxy) is 1. The summed E-state index contributed by atoms with van der Waals surface area (Å²) in [6.45, 7) is 7.50. The molecule has 0 radical (unpaired) electrons. The number of nitrogens with two attached hydrogens (primary N) is 1. The quantitative estimate of drug-likeness (QED) is 0.778. The maximum Gasteiger partial charge on any atom is 0.0621 e. The van der Waals surface area contributed by atoms with Crippen molar-refractivity contribution in [2.24, 2.45) is 11.7 Å². The van der Waals surface area contributed by atoms with Crippen LogP contribution in [0.2, 0.25) is 0 Å². The van der Waals surface area contributed by atoms with Crippen molar-refractivity contribution in [3.63, 3.8) is 0 Å². The molecule has 2 heterocycles. The third-order valence-electron chi connectivity index (χ3n) is 3.42. The molecule has 0 bridgehead atoms. The molecular weight excluding hydrogens is 208 g/mol. The van der Waals surface area contributed by atoms with Crippen molar-refractivity contribution in [1.29, 1.82) is 0 Å². The van der Waals surface area contributed by atoms with Crippen molar-refractivity contribution >= 4 is 11.8 Å². The number of nitrogens with zero attached hydrogens (tertiary/aromatic N) is 1. The second-order valence-corrected chi connectivity index (χ2v) is 6.03. The molecule has 88 valence electrons. The van der Waals surface area contributed by atoms with Gasteiger partial charge in [-0.3, -0.25) is 0 Å². The van der Waals surface area contributed by atoms with Crippen LogP contribution >= 0.6 is 11.8 Å². The third kappa shape index (κ3) is 3.09. The van der Waals surface area contributed by atoms with Gasteiger partial charge in [-0.05, 0) is 6.42 Å². The van der Waals surface area contributed by atoms with E-state index in [-0.39, 0.29) is 6.04 Å². The van der Waals surface area contributed by atoms with Gasteiger partial charge in [-0.1, -0.05) is 6.92 Å². The zero-order chi connectivity index (χ0) is 10.7. The minimum Gasteiger partial charge on any atom is -0.379 e. The SMILES string of the molecule is CCC1CN(CC2COCC2N)CCS1. The highest BCUT2D eigenvalue weighted by Gasteiger charge is 2.28. The Morgan fingerprint density at radius 2 is 2.33 bits per heavy atom. The molecule has 0 aromatic carbocycles. The first-order valence-corrected chi connectivity index (χ1v) is 7.01. The normalized spacial score (nSPS) is 38.4. The van der Waals surface area contributed by atoms with Crippen LogP contribution in [-0.2, 0) is 4.74 Å². The molecule has 15 heavy (non-hydrogen) atoms. The van der Waals surface area contributed by atoms with Gasteiger partial charge in [0, 0.05) is 42.6 Å². The third-order valence-corrected chi connectivity index (χ3v) is 4.79. The summed E-state index contributed by atoms with van der Waals surface area (Å²) < 4.78 is 5.41. The second kappa shape index (κ2) is 5.53. The van der Waals surface area contributed by atoms with Crippen LogP contribution in [0, 0.1) is 5.92 Å². The first-order chi connectivity index (χ1) is 7.29. The Morgan fingerprint density at radius 1 is 1.47 bits per heavy atom. The van der Waals surface area contributed by atoms with Gasteiger partial charge in [-0.15, -0.1) is 0 Å². The van der Waals surface area contributed by atoms with E-state index in [1.807, 2.05) is 0 Å². The zero-order valence-corrected chi connectivity index (χ0v) is 10.3. The zero-order valence-electron chi connectivity index (χ0n) is 9.52. The van der Waals surface area contributed by atoms with Gasteiger partial charge >= 0.3 is 0 Å². The lowest BCUT2D eigenvalue weighted by Crippen LogP contribution is -2.44. The minimum absolute atomic E-state index is 0.264. The molecular formula is C11H22N2OS. The topological polar surface area (TPSA) is 38.5 Å². The highest BCUT2D eigenvalue weighted by molar-refractivity contribution is 8.00. The van der Waals surface area contributed by atoms with E-state index in [1.165, 1.54) is 25.3 Å². The predicted octanol–water partition coefficient (Wildman–Crippen LogP) is 0.788. The molecule has 2 fully saturated rings. The fraction of sp³-hybridized carbons (Fsp3) is 1.00. The lowest BCUT2D eigenvalue weighted by molar-refractivity contribution is 0.168. The Kier molecular flexibility index (Phi) is 4.31. The van der Waals surface area contributed by atoms with E-state index in [1.54, 1.807) is 0 Å². The Hall–Kier alpha value is 0.230. The summed E-state index contributed by atoms with van der Waals surface area (Å²) in [7, 11) is 0. The molecule has 0 amide bonds. The average molecular weight is 230 g/mol. The van der Waals surface area contributed by atoms with Gasteiger partial charge in [0.1, 0.15) is 0 Å². The Bertz CT molecular complexity index is 203. The number of thioether (sulfide) groups is 1. The van der Waals surface area contributed by atoms with E-state index >= 15 is 0 Å². The van der Waals surface area contributed by atoms with Crippen molar-refractivity contribution in [3.8, 4) is 0 Å². The Labute approximate surface area is 96.7 Å². The lowest BCUT2D eigenvalue weighted by Gasteiger charge is -2.33. The van der Waals surface area contributed by atoms with Gasteiger partial charge in [-0.25, -0.2) is 0 Å². The van der Waals surface area contributed by atoms with E-state index in [0.717, 1.165) is 25.0 Å². The summed E-state index contributed by atoms with van der Waals surface area (Å²) >= 11 is 2.12. The molecule has 3 nitrogen and oxygen atoms in total. The minimum atomic E-state index is 0.264. The van der Waals surface area contributed by atoms with Crippen molar-refractivity contribution in [3.05, 3.63) is 0 Å².